The third kappa shape index (κ3) is 5.92. The van der Waals surface area contributed by atoms with Crippen molar-refractivity contribution < 1.29 is 4.57 Å². The van der Waals surface area contributed by atoms with Gasteiger partial charge in [0.25, 0.3) is 0 Å². The lowest BCUT2D eigenvalue weighted by Crippen LogP contribution is -2.31. The van der Waals surface area contributed by atoms with Gasteiger partial charge in [-0.2, -0.15) is 0 Å². The van der Waals surface area contributed by atoms with E-state index in [0.717, 1.165) is 32.7 Å². The zero-order valence-electron chi connectivity index (χ0n) is 18.0. The van der Waals surface area contributed by atoms with Crippen molar-refractivity contribution in [2.75, 3.05) is 20.1 Å². The molecule has 1 aliphatic rings. The van der Waals surface area contributed by atoms with E-state index in [-0.39, 0.29) is 0 Å². The lowest BCUT2D eigenvalue weighted by Gasteiger charge is -2.24. The van der Waals surface area contributed by atoms with E-state index >= 15 is 0 Å². The maximum atomic E-state index is 3.26. The highest BCUT2D eigenvalue weighted by Gasteiger charge is 2.09. The molecule has 2 heterocycles. The Balaban J connectivity index is 1.33. The van der Waals surface area contributed by atoms with Crippen LogP contribution in [0.25, 0.3) is 5.69 Å². The van der Waals surface area contributed by atoms with E-state index < -0.39 is 0 Å². The molecule has 0 atom stereocenters. The Kier molecular flexibility index (Phi) is 6.90. The summed E-state index contributed by atoms with van der Waals surface area (Å²) in [6.07, 6.45) is 14.3. The van der Waals surface area contributed by atoms with E-state index in [1.165, 1.54) is 22.4 Å². The van der Waals surface area contributed by atoms with Crippen LogP contribution in [0.15, 0.2) is 92.1 Å². The normalized spacial score (nSPS) is 13.4. The molecule has 6 nitrogen and oxygen atoms in total. The van der Waals surface area contributed by atoms with Gasteiger partial charge in [-0.15, -0.1) is 0 Å². The molecule has 0 saturated carbocycles. The van der Waals surface area contributed by atoms with Gasteiger partial charge in [0.05, 0.1) is 0 Å². The molecule has 0 radical (unpaired) electrons. The van der Waals surface area contributed by atoms with Crippen LogP contribution in [0.1, 0.15) is 16.7 Å². The van der Waals surface area contributed by atoms with Crippen LogP contribution in [-0.2, 0) is 19.6 Å². The van der Waals surface area contributed by atoms with Crippen LogP contribution in [0, 0.1) is 0 Å². The molecule has 0 unspecified atom stereocenters. The molecule has 0 amide bonds. The summed E-state index contributed by atoms with van der Waals surface area (Å²) in [6.45, 7) is 4.67. The molecule has 0 bridgehead atoms. The van der Waals surface area contributed by atoms with E-state index in [9.17, 15) is 0 Å². The Bertz CT molecular complexity index is 1000. The Morgan fingerprint density at radius 2 is 1.77 bits per heavy atom. The first-order chi connectivity index (χ1) is 15.3. The largest absolute Gasteiger partial charge is 0.393 e. The van der Waals surface area contributed by atoms with Gasteiger partial charge in [-0.1, -0.05) is 36.4 Å². The van der Waals surface area contributed by atoms with Gasteiger partial charge in [0.15, 0.2) is 0 Å². The summed E-state index contributed by atoms with van der Waals surface area (Å²) < 4.78 is 4.38. The first-order valence-corrected chi connectivity index (χ1v) is 10.7. The second-order valence-corrected chi connectivity index (χ2v) is 7.72. The monoisotopic (exact) mass is 415 g/mol. The Labute approximate surface area is 184 Å². The van der Waals surface area contributed by atoms with E-state index in [4.69, 9.17) is 0 Å². The zero-order chi connectivity index (χ0) is 21.3. The van der Waals surface area contributed by atoms with Gasteiger partial charge < -0.3 is 20.9 Å². The van der Waals surface area contributed by atoms with Gasteiger partial charge in [0.1, 0.15) is 24.6 Å². The number of rotatable bonds is 9. The number of hydrogen-bond acceptors (Lipinski definition) is 4. The minimum atomic E-state index is 0.822. The molecule has 0 aliphatic carbocycles. The van der Waals surface area contributed by atoms with Crippen LogP contribution < -0.4 is 20.5 Å². The first kappa shape index (κ1) is 20.6. The number of imidazole rings is 1. The second-order valence-electron chi connectivity index (χ2n) is 7.72. The quantitative estimate of drug-likeness (QED) is 0.470. The number of nitrogens with one attached hydrogen (secondary N) is 3. The van der Waals surface area contributed by atoms with Crippen molar-refractivity contribution in [1.29, 1.82) is 0 Å². The minimum absolute atomic E-state index is 0.822. The van der Waals surface area contributed by atoms with E-state index in [1.807, 2.05) is 25.6 Å². The number of benzene rings is 2. The molecule has 1 aromatic heterocycles. The fourth-order valence-corrected chi connectivity index (χ4v) is 3.60. The summed E-state index contributed by atoms with van der Waals surface area (Å²) in [7, 11) is 1.89. The highest BCUT2D eigenvalue weighted by atomic mass is 15.1. The first-order valence-electron chi connectivity index (χ1n) is 10.7. The minimum Gasteiger partial charge on any atom is -0.393 e. The molecule has 2 aromatic carbocycles. The number of aromatic nitrogens is 2. The summed E-state index contributed by atoms with van der Waals surface area (Å²) in [5.41, 5.74) is 5.06. The summed E-state index contributed by atoms with van der Waals surface area (Å²) in [5, 5.41) is 9.46. The van der Waals surface area contributed by atoms with Gasteiger partial charge in [0.2, 0.25) is 6.33 Å². The number of hydrogen-bond donors (Lipinski definition) is 3. The SMILES string of the molecule is CN/C=C\NCc1ccc(C[n+]2ccn(-c3ccc(CN4C=CNCC4)cc3)c2)cc1. The maximum absolute atomic E-state index is 3.26. The smallest absolute Gasteiger partial charge is 0.249 e. The van der Waals surface area contributed by atoms with Gasteiger partial charge in [-0.25, -0.2) is 9.13 Å². The maximum Gasteiger partial charge on any atom is 0.249 e. The predicted molar refractivity (Wildman–Crippen MR) is 124 cm³/mol. The molecule has 0 fully saturated rings. The second kappa shape index (κ2) is 10.4. The van der Waals surface area contributed by atoms with Crippen molar-refractivity contribution in [2.45, 2.75) is 19.6 Å². The van der Waals surface area contributed by atoms with Crippen molar-refractivity contribution in [3.63, 3.8) is 0 Å². The zero-order valence-corrected chi connectivity index (χ0v) is 18.0. The fraction of sp³-hybridized carbons (Fsp3) is 0.240. The van der Waals surface area contributed by atoms with E-state index in [0.29, 0.717) is 0 Å². The molecule has 0 saturated heterocycles. The van der Waals surface area contributed by atoms with Crippen molar-refractivity contribution in [1.82, 2.24) is 25.4 Å². The predicted octanol–water partition coefficient (Wildman–Crippen LogP) is 2.47. The average Bonchev–Trinajstić information content (AvgIpc) is 3.27. The topological polar surface area (TPSA) is 48.1 Å². The molecule has 3 aromatic rings. The van der Waals surface area contributed by atoms with Crippen LogP contribution in [0.2, 0.25) is 0 Å². The van der Waals surface area contributed by atoms with Crippen LogP contribution in [0.5, 0.6) is 0 Å². The number of nitrogens with zero attached hydrogens (tertiary/aromatic N) is 3. The average molecular weight is 416 g/mol. The standard InChI is InChI=1S/C25H31N6/c1-26-10-11-28-18-22-2-4-23(5-3-22)20-30-16-17-31(21-30)25-8-6-24(7-9-25)19-29-14-12-27-13-15-29/h2-12,14,16-17,21,26-28H,13,15,18-20H2,1H3/q+1/b11-10-. The van der Waals surface area contributed by atoms with Crippen LogP contribution in [-0.4, -0.2) is 29.6 Å². The van der Waals surface area contributed by atoms with Crippen molar-refractivity contribution in [3.05, 3.63) is 109 Å². The lowest BCUT2D eigenvalue weighted by atomic mass is 10.1. The summed E-state index contributed by atoms with van der Waals surface area (Å²) in [6, 6.07) is 17.6. The molecule has 4 rings (SSSR count). The molecule has 0 spiro atoms. The molecule has 3 N–H and O–H groups in total. The molecule has 31 heavy (non-hydrogen) atoms. The van der Waals surface area contributed by atoms with Gasteiger partial charge >= 0.3 is 0 Å². The molecule has 1 aliphatic heterocycles. The molecular weight excluding hydrogens is 384 g/mol. The third-order valence-electron chi connectivity index (χ3n) is 5.32. The summed E-state index contributed by atoms with van der Waals surface area (Å²) in [4.78, 5) is 2.33. The van der Waals surface area contributed by atoms with Gasteiger partial charge in [-0.3, -0.25) is 0 Å². The molecule has 160 valence electrons. The van der Waals surface area contributed by atoms with E-state index in [2.05, 4.69) is 103 Å². The highest BCUT2D eigenvalue weighted by Crippen LogP contribution is 2.12. The highest BCUT2D eigenvalue weighted by molar-refractivity contribution is 5.34. The van der Waals surface area contributed by atoms with Gasteiger partial charge in [-0.05, 0) is 28.8 Å². The van der Waals surface area contributed by atoms with E-state index in [1.54, 1.807) is 0 Å². The summed E-state index contributed by atoms with van der Waals surface area (Å²) >= 11 is 0. The molecular formula is C25H31N6+. The molecule has 6 heteroatoms. The van der Waals surface area contributed by atoms with Crippen molar-refractivity contribution in [2.24, 2.45) is 0 Å². The Hall–Kier alpha value is -3.67. The fourth-order valence-electron chi connectivity index (χ4n) is 3.60. The van der Waals surface area contributed by atoms with Crippen LogP contribution >= 0.6 is 0 Å². The van der Waals surface area contributed by atoms with Crippen LogP contribution in [0.4, 0.5) is 0 Å². The Morgan fingerprint density at radius 1 is 1.00 bits per heavy atom. The van der Waals surface area contributed by atoms with Gasteiger partial charge in [0, 0.05) is 58.0 Å². The summed E-state index contributed by atoms with van der Waals surface area (Å²) in [5.74, 6) is 0. The van der Waals surface area contributed by atoms with Crippen LogP contribution in [0.3, 0.4) is 0 Å². The third-order valence-corrected chi connectivity index (χ3v) is 5.32. The Morgan fingerprint density at radius 3 is 2.52 bits per heavy atom. The van der Waals surface area contributed by atoms with Crippen molar-refractivity contribution >= 4 is 0 Å². The lowest BCUT2D eigenvalue weighted by molar-refractivity contribution is -0.687. The van der Waals surface area contributed by atoms with Crippen molar-refractivity contribution in [3.8, 4) is 5.69 Å².